The maximum atomic E-state index is 12.8. The van der Waals surface area contributed by atoms with Gasteiger partial charge in [-0.3, -0.25) is 4.79 Å². The molecule has 2 N–H and O–H groups in total. The van der Waals surface area contributed by atoms with Crippen molar-refractivity contribution in [3.05, 3.63) is 35.6 Å². The summed E-state index contributed by atoms with van der Waals surface area (Å²) in [4.78, 5) is 13.9. The van der Waals surface area contributed by atoms with E-state index in [9.17, 15) is 9.18 Å². The molecule has 2 unspecified atom stereocenters. The van der Waals surface area contributed by atoms with Gasteiger partial charge in [0.1, 0.15) is 5.82 Å². The number of benzene rings is 1. The first-order chi connectivity index (χ1) is 9.40. The van der Waals surface area contributed by atoms with Crippen molar-refractivity contribution in [2.75, 3.05) is 7.05 Å². The molecule has 0 fully saturated rings. The van der Waals surface area contributed by atoms with E-state index in [1.807, 2.05) is 13.8 Å². The summed E-state index contributed by atoms with van der Waals surface area (Å²) >= 11 is 0. The van der Waals surface area contributed by atoms with Crippen LogP contribution in [0.15, 0.2) is 24.3 Å². The molecule has 0 aliphatic carbocycles. The molecule has 3 nitrogen and oxygen atoms in total. The first-order valence-corrected chi connectivity index (χ1v) is 7.15. The zero-order valence-electron chi connectivity index (χ0n) is 12.6. The molecule has 112 valence electrons. The minimum Gasteiger partial charge on any atom is -0.341 e. The van der Waals surface area contributed by atoms with Crippen molar-refractivity contribution in [3.63, 3.8) is 0 Å². The average Bonchev–Trinajstić information content (AvgIpc) is 2.39. The quantitative estimate of drug-likeness (QED) is 0.834. The Kier molecular flexibility index (Phi) is 6.65. The minimum absolute atomic E-state index is 0.000742. The Bertz CT molecular complexity index is 417. The lowest BCUT2D eigenvalue weighted by Crippen LogP contribution is -2.31. The van der Waals surface area contributed by atoms with Gasteiger partial charge in [0.15, 0.2) is 0 Å². The lowest BCUT2D eigenvalue weighted by molar-refractivity contribution is -0.134. The van der Waals surface area contributed by atoms with Gasteiger partial charge >= 0.3 is 0 Å². The summed E-state index contributed by atoms with van der Waals surface area (Å²) in [6, 6.07) is 6.44. The molecule has 1 aromatic rings. The molecule has 0 aliphatic heterocycles. The Hall–Kier alpha value is -1.42. The van der Waals surface area contributed by atoms with Gasteiger partial charge in [0.05, 0.1) is 0 Å². The van der Waals surface area contributed by atoms with E-state index in [1.165, 1.54) is 12.1 Å². The van der Waals surface area contributed by atoms with Crippen LogP contribution < -0.4 is 5.73 Å². The molecule has 1 aromatic carbocycles. The number of halogens is 1. The maximum absolute atomic E-state index is 12.8. The van der Waals surface area contributed by atoms with Crippen LogP contribution in [0.25, 0.3) is 0 Å². The molecule has 0 radical (unpaired) electrons. The highest BCUT2D eigenvalue weighted by Crippen LogP contribution is 2.14. The van der Waals surface area contributed by atoms with Crippen molar-refractivity contribution in [2.45, 2.75) is 45.7 Å². The van der Waals surface area contributed by atoms with E-state index in [2.05, 4.69) is 0 Å². The van der Waals surface area contributed by atoms with Crippen LogP contribution in [0.2, 0.25) is 0 Å². The van der Waals surface area contributed by atoms with Gasteiger partial charge in [-0.15, -0.1) is 0 Å². The number of amides is 1. The summed E-state index contributed by atoms with van der Waals surface area (Å²) in [5.41, 5.74) is 6.64. The Morgan fingerprint density at radius 1 is 1.25 bits per heavy atom. The van der Waals surface area contributed by atoms with Crippen LogP contribution >= 0.6 is 0 Å². The van der Waals surface area contributed by atoms with Crippen LogP contribution in [0.1, 0.15) is 38.7 Å². The summed E-state index contributed by atoms with van der Waals surface area (Å²) in [6.45, 7) is 4.44. The molecule has 0 heterocycles. The maximum Gasteiger partial charge on any atom is 0.225 e. The second-order valence-electron chi connectivity index (χ2n) is 5.63. The van der Waals surface area contributed by atoms with E-state index in [0.717, 1.165) is 24.8 Å². The SMILES string of the molecule is CC(N)CCCC(C)C(=O)N(C)Cc1ccc(F)cc1. The molecule has 20 heavy (non-hydrogen) atoms. The molecule has 4 heteroatoms. The van der Waals surface area contributed by atoms with Crippen LogP contribution in [-0.4, -0.2) is 23.9 Å². The number of nitrogens with zero attached hydrogens (tertiary/aromatic N) is 1. The summed E-state index contributed by atoms with van der Waals surface area (Å²) in [7, 11) is 1.79. The molecule has 0 bridgehead atoms. The normalized spacial score (nSPS) is 13.8. The Morgan fingerprint density at radius 3 is 2.40 bits per heavy atom. The van der Waals surface area contributed by atoms with Crippen LogP contribution in [0.4, 0.5) is 4.39 Å². The standard InChI is InChI=1S/C16H25FN2O/c1-12(5-4-6-13(2)18)16(20)19(3)11-14-7-9-15(17)10-8-14/h7-10,12-13H,4-6,11,18H2,1-3H3. The zero-order valence-corrected chi connectivity index (χ0v) is 12.6. The molecule has 0 spiro atoms. The predicted molar refractivity (Wildman–Crippen MR) is 79.5 cm³/mol. The molecular formula is C16H25FN2O. The van der Waals surface area contributed by atoms with Gasteiger partial charge in [-0.2, -0.15) is 0 Å². The number of hydrogen-bond acceptors (Lipinski definition) is 2. The van der Waals surface area contributed by atoms with E-state index in [-0.39, 0.29) is 23.7 Å². The third-order valence-corrected chi connectivity index (χ3v) is 3.43. The molecule has 0 aromatic heterocycles. The summed E-state index contributed by atoms with van der Waals surface area (Å²) in [6.07, 6.45) is 2.77. The second-order valence-corrected chi connectivity index (χ2v) is 5.63. The van der Waals surface area contributed by atoms with Crippen molar-refractivity contribution in [1.29, 1.82) is 0 Å². The number of nitrogens with two attached hydrogens (primary N) is 1. The number of rotatable bonds is 7. The molecule has 1 rings (SSSR count). The first-order valence-electron chi connectivity index (χ1n) is 7.15. The Balaban J connectivity index is 2.43. The van der Waals surface area contributed by atoms with Crippen molar-refractivity contribution in [2.24, 2.45) is 11.7 Å². The highest BCUT2D eigenvalue weighted by Gasteiger charge is 2.17. The van der Waals surface area contributed by atoms with Gasteiger partial charge in [-0.05, 0) is 37.5 Å². The van der Waals surface area contributed by atoms with E-state index in [4.69, 9.17) is 5.73 Å². The predicted octanol–water partition coefficient (Wildman–Crippen LogP) is 2.94. The van der Waals surface area contributed by atoms with Crippen LogP contribution in [0.5, 0.6) is 0 Å². The topological polar surface area (TPSA) is 46.3 Å². The van der Waals surface area contributed by atoms with Gasteiger partial charge < -0.3 is 10.6 Å². The summed E-state index contributed by atoms with van der Waals surface area (Å²) in [5, 5.41) is 0. The zero-order chi connectivity index (χ0) is 15.1. The van der Waals surface area contributed by atoms with Gasteiger partial charge in [0, 0.05) is 25.6 Å². The molecule has 0 aliphatic rings. The number of carbonyl (C=O) groups is 1. The molecule has 2 atom stereocenters. The lowest BCUT2D eigenvalue weighted by atomic mass is 10.0. The third kappa shape index (κ3) is 5.70. The highest BCUT2D eigenvalue weighted by atomic mass is 19.1. The Labute approximate surface area is 121 Å². The number of carbonyl (C=O) groups excluding carboxylic acids is 1. The van der Waals surface area contributed by atoms with Crippen molar-refractivity contribution in [1.82, 2.24) is 4.90 Å². The Morgan fingerprint density at radius 2 is 1.85 bits per heavy atom. The van der Waals surface area contributed by atoms with Gasteiger partial charge in [-0.1, -0.05) is 25.5 Å². The monoisotopic (exact) mass is 280 g/mol. The fraction of sp³-hybridized carbons (Fsp3) is 0.562. The molecular weight excluding hydrogens is 255 g/mol. The number of hydrogen-bond donors (Lipinski definition) is 1. The lowest BCUT2D eigenvalue weighted by Gasteiger charge is -2.21. The van der Waals surface area contributed by atoms with E-state index >= 15 is 0 Å². The molecule has 0 saturated heterocycles. The average molecular weight is 280 g/mol. The van der Waals surface area contributed by atoms with Crippen molar-refractivity contribution < 1.29 is 9.18 Å². The van der Waals surface area contributed by atoms with Gasteiger partial charge in [-0.25, -0.2) is 4.39 Å². The molecule has 0 saturated carbocycles. The third-order valence-electron chi connectivity index (χ3n) is 3.43. The largest absolute Gasteiger partial charge is 0.341 e. The minimum atomic E-state index is -0.257. The second kappa shape index (κ2) is 8.00. The van der Waals surface area contributed by atoms with Gasteiger partial charge in [0.25, 0.3) is 0 Å². The van der Waals surface area contributed by atoms with E-state index in [1.54, 1.807) is 24.1 Å². The first kappa shape index (κ1) is 16.6. The smallest absolute Gasteiger partial charge is 0.225 e. The van der Waals surface area contributed by atoms with Crippen LogP contribution in [-0.2, 0) is 11.3 Å². The van der Waals surface area contributed by atoms with Gasteiger partial charge in [0.2, 0.25) is 5.91 Å². The summed E-state index contributed by atoms with van der Waals surface area (Å²) < 4.78 is 12.8. The molecule has 1 amide bonds. The van der Waals surface area contributed by atoms with E-state index in [0.29, 0.717) is 6.54 Å². The fourth-order valence-electron chi connectivity index (χ4n) is 2.19. The van der Waals surface area contributed by atoms with Crippen LogP contribution in [0, 0.1) is 11.7 Å². The summed E-state index contributed by atoms with van der Waals surface area (Å²) in [5.74, 6) is -0.134. The van der Waals surface area contributed by atoms with Crippen LogP contribution in [0.3, 0.4) is 0 Å². The van der Waals surface area contributed by atoms with Crippen molar-refractivity contribution in [3.8, 4) is 0 Å². The van der Waals surface area contributed by atoms with E-state index < -0.39 is 0 Å². The van der Waals surface area contributed by atoms with Crippen molar-refractivity contribution >= 4 is 5.91 Å². The highest BCUT2D eigenvalue weighted by molar-refractivity contribution is 5.78. The fourth-order valence-corrected chi connectivity index (χ4v) is 2.19.